The molecule has 26 heavy (non-hydrogen) atoms. The number of piperidine rings is 1. The van der Waals surface area contributed by atoms with Crippen molar-refractivity contribution in [2.45, 2.75) is 57.6 Å². The molecule has 1 aromatic rings. The Kier molecular flexibility index (Phi) is 6.21. The number of benzene rings is 1. The molecule has 1 unspecified atom stereocenters. The van der Waals surface area contributed by atoms with Crippen LogP contribution in [0.25, 0.3) is 0 Å². The summed E-state index contributed by atoms with van der Waals surface area (Å²) in [7, 11) is 1.54. The van der Waals surface area contributed by atoms with Gasteiger partial charge in [0.1, 0.15) is 5.60 Å². The lowest BCUT2D eigenvalue weighted by atomic mass is 9.84. The van der Waals surface area contributed by atoms with E-state index in [1.807, 2.05) is 0 Å². The van der Waals surface area contributed by atoms with Gasteiger partial charge in [-0.15, -0.1) is 0 Å². The highest BCUT2D eigenvalue weighted by Gasteiger charge is 2.35. The number of ether oxygens (including phenoxy) is 1. The van der Waals surface area contributed by atoms with E-state index in [9.17, 15) is 18.4 Å². The van der Waals surface area contributed by atoms with Crippen molar-refractivity contribution in [3.8, 4) is 0 Å². The first-order valence-corrected chi connectivity index (χ1v) is 8.76. The number of carbonyl (C=O) groups is 2. The van der Waals surface area contributed by atoms with Crippen LogP contribution >= 0.6 is 0 Å². The molecule has 1 aliphatic rings. The molecule has 0 spiro atoms. The highest BCUT2D eigenvalue weighted by molar-refractivity contribution is 5.77. The molecule has 1 aliphatic heterocycles. The lowest BCUT2D eigenvalue weighted by Gasteiger charge is -2.40. The molecular formula is C19H26F2N2O3. The van der Waals surface area contributed by atoms with E-state index in [1.165, 1.54) is 13.1 Å². The number of amides is 2. The predicted octanol–water partition coefficient (Wildman–Crippen LogP) is 3.58. The molecule has 1 N–H and O–H groups in total. The van der Waals surface area contributed by atoms with Gasteiger partial charge in [0.25, 0.3) is 0 Å². The molecule has 7 heteroatoms. The van der Waals surface area contributed by atoms with E-state index in [0.29, 0.717) is 24.9 Å². The molecular weight excluding hydrogens is 342 g/mol. The summed E-state index contributed by atoms with van der Waals surface area (Å²) in [5.74, 6) is -2.02. The van der Waals surface area contributed by atoms with Crippen molar-refractivity contribution in [2.75, 3.05) is 13.6 Å². The third-order valence-corrected chi connectivity index (χ3v) is 4.46. The Morgan fingerprint density at radius 1 is 1.27 bits per heavy atom. The second-order valence-electron chi connectivity index (χ2n) is 7.60. The summed E-state index contributed by atoms with van der Waals surface area (Å²) >= 11 is 0. The average Bonchev–Trinajstić information content (AvgIpc) is 2.55. The molecule has 1 saturated heterocycles. The van der Waals surface area contributed by atoms with E-state index in [-0.39, 0.29) is 24.3 Å². The summed E-state index contributed by atoms with van der Waals surface area (Å²) in [6.07, 6.45) is 0.748. The number of nitrogens with zero attached hydrogens (tertiary/aromatic N) is 1. The van der Waals surface area contributed by atoms with Crippen LogP contribution in [0.1, 0.15) is 51.5 Å². The lowest BCUT2D eigenvalue weighted by Crippen LogP contribution is -2.49. The molecule has 0 aromatic heterocycles. The Morgan fingerprint density at radius 2 is 1.96 bits per heavy atom. The third kappa shape index (κ3) is 5.16. The largest absolute Gasteiger partial charge is 0.444 e. The van der Waals surface area contributed by atoms with Gasteiger partial charge >= 0.3 is 6.09 Å². The molecule has 2 rings (SSSR count). The Balaban J connectivity index is 2.18. The third-order valence-electron chi connectivity index (χ3n) is 4.46. The molecule has 144 valence electrons. The maximum absolute atomic E-state index is 13.6. The van der Waals surface area contributed by atoms with Crippen molar-refractivity contribution in [3.63, 3.8) is 0 Å². The van der Waals surface area contributed by atoms with Crippen LogP contribution in [0.3, 0.4) is 0 Å². The van der Waals surface area contributed by atoms with Crippen molar-refractivity contribution in [2.24, 2.45) is 0 Å². The van der Waals surface area contributed by atoms with E-state index in [4.69, 9.17) is 4.74 Å². The van der Waals surface area contributed by atoms with Crippen LogP contribution in [-0.2, 0) is 9.53 Å². The van der Waals surface area contributed by atoms with Gasteiger partial charge in [-0.3, -0.25) is 4.79 Å². The van der Waals surface area contributed by atoms with Crippen LogP contribution in [0.5, 0.6) is 0 Å². The molecule has 2 atom stereocenters. The maximum Gasteiger partial charge on any atom is 0.410 e. The summed E-state index contributed by atoms with van der Waals surface area (Å²) in [5.41, 5.74) is 0.0422. The first-order chi connectivity index (χ1) is 12.1. The first kappa shape index (κ1) is 20.1. The monoisotopic (exact) mass is 368 g/mol. The van der Waals surface area contributed by atoms with Crippen molar-refractivity contribution in [1.29, 1.82) is 0 Å². The molecule has 0 bridgehead atoms. The number of halogens is 2. The Morgan fingerprint density at radius 3 is 2.54 bits per heavy atom. The van der Waals surface area contributed by atoms with Crippen LogP contribution < -0.4 is 5.32 Å². The zero-order valence-corrected chi connectivity index (χ0v) is 15.6. The van der Waals surface area contributed by atoms with Crippen LogP contribution in [0.15, 0.2) is 18.2 Å². The van der Waals surface area contributed by atoms with Crippen LogP contribution in [0, 0.1) is 11.6 Å². The Hall–Kier alpha value is -2.18. The van der Waals surface area contributed by atoms with Crippen molar-refractivity contribution >= 4 is 12.0 Å². The summed E-state index contributed by atoms with van der Waals surface area (Å²) in [4.78, 5) is 25.9. The zero-order chi connectivity index (χ0) is 19.5. The van der Waals surface area contributed by atoms with E-state index in [1.54, 1.807) is 31.7 Å². The van der Waals surface area contributed by atoms with Gasteiger partial charge in [0.2, 0.25) is 5.91 Å². The molecule has 1 fully saturated rings. The quantitative estimate of drug-likeness (QED) is 0.887. The summed E-state index contributed by atoms with van der Waals surface area (Å²) < 4.78 is 32.2. The normalized spacial score (nSPS) is 20.6. The predicted molar refractivity (Wildman–Crippen MR) is 93.7 cm³/mol. The van der Waals surface area contributed by atoms with Crippen molar-refractivity contribution < 1.29 is 23.1 Å². The fraction of sp³-hybridized carbons (Fsp3) is 0.579. The second kappa shape index (κ2) is 8.01. The maximum atomic E-state index is 13.6. The number of nitrogens with one attached hydrogen (secondary N) is 1. The minimum Gasteiger partial charge on any atom is -0.444 e. The topological polar surface area (TPSA) is 58.6 Å². The number of hydrogen-bond acceptors (Lipinski definition) is 3. The standard InChI is InChI=1S/C19H26F2N2O3/c1-19(2,3)26-18(25)23-8-7-13(9-14(23)11-17(24)22-4)12-5-6-15(20)16(21)10-12/h5-6,10,13-14H,7-9,11H2,1-4H3,(H,22,24)/t13-,14?/m0/s1. The van der Waals surface area contributed by atoms with Gasteiger partial charge in [-0.05, 0) is 57.2 Å². The number of hydrogen-bond donors (Lipinski definition) is 1. The van der Waals surface area contributed by atoms with Crippen LogP contribution in [-0.4, -0.2) is 42.1 Å². The minimum absolute atomic E-state index is 0.0570. The zero-order valence-electron chi connectivity index (χ0n) is 15.6. The molecule has 5 nitrogen and oxygen atoms in total. The fourth-order valence-corrected chi connectivity index (χ4v) is 3.19. The molecule has 0 saturated carbocycles. The second-order valence-corrected chi connectivity index (χ2v) is 7.60. The van der Waals surface area contributed by atoms with Crippen molar-refractivity contribution in [3.05, 3.63) is 35.4 Å². The molecule has 1 aromatic carbocycles. The Labute approximate surface area is 152 Å². The first-order valence-electron chi connectivity index (χ1n) is 8.76. The van der Waals surface area contributed by atoms with Crippen LogP contribution in [0.2, 0.25) is 0 Å². The van der Waals surface area contributed by atoms with E-state index < -0.39 is 23.3 Å². The highest BCUT2D eigenvalue weighted by atomic mass is 19.2. The van der Waals surface area contributed by atoms with Gasteiger partial charge in [0, 0.05) is 26.1 Å². The van der Waals surface area contributed by atoms with Gasteiger partial charge in [-0.2, -0.15) is 0 Å². The average molecular weight is 368 g/mol. The highest BCUT2D eigenvalue weighted by Crippen LogP contribution is 2.34. The number of likely N-dealkylation sites (tertiary alicyclic amines) is 1. The van der Waals surface area contributed by atoms with Gasteiger partial charge in [0.05, 0.1) is 0 Å². The van der Waals surface area contributed by atoms with E-state index >= 15 is 0 Å². The minimum atomic E-state index is -0.889. The van der Waals surface area contributed by atoms with E-state index in [2.05, 4.69) is 5.32 Å². The number of carbonyl (C=O) groups excluding carboxylic acids is 2. The Bertz CT molecular complexity index is 673. The summed E-state index contributed by atoms with van der Waals surface area (Å²) in [5, 5.41) is 2.56. The van der Waals surface area contributed by atoms with Gasteiger partial charge in [0.15, 0.2) is 11.6 Å². The SMILES string of the molecule is CNC(=O)CC1C[C@@H](c2ccc(F)c(F)c2)CCN1C(=O)OC(C)(C)C. The number of rotatable bonds is 3. The molecule has 2 amide bonds. The van der Waals surface area contributed by atoms with Gasteiger partial charge in [-0.1, -0.05) is 6.07 Å². The summed E-state index contributed by atoms with van der Waals surface area (Å²) in [6, 6.07) is 3.50. The van der Waals surface area contributed by atoms with Crippen LogP contribution in [0.4, 0.5) is 13.6 Å². The van der Waals surface area contributed by atoms with Gasteiger partial charge < -0.3 is 15.0 Å². The fourth-order valence-electron chi connectivity index (χ4n) is 3.19. The lowest BCUT2D eigenvalue weighted by molar-refractivity contribution is -0.122. The van der Waals surface area contributed by atoms with Crippen molar-refractivity contribution in [1.82, 2.24) is 10.2 Å². The smallest absolute Gasteiger partial charge is 0.410 e. The molecule has 0 aliphatic carbocycles. The molecule has 0 radical (unpaired) electrons. The summed E-state index contributed by atoms with van der Waals surface area (Å²) in [6.45, 7) is 5.74. The molecule has 1 heterocycles. The van der Waals surface area contributed by atoms with Gasteiger partial charge in [-0.25, -0.2) is 13.6 Å². The van der Waals surface area contributed by atoms with E-state index in [0.717, 1.165) is 6.07 Å².